The van der Waals surface area contributed by atoms with Crippen LogP contribution in [0.15, 0.2) is 48.0 Å². The van der Waals surface area contributed by atoms with Crippen LogP contribution in [0.2, 0.25) is 0 Å². The Hall–Kier alpha value is -3.13. The maximum Gasteiger partial charge on any atom is 0.266 e. The number of halogens is 1. The molecule has 116 valence electrons. The summed E-state index contributed by atoms with van der Waals surface area (Å²) in [7, 11) is 1.57. The molecule has 0 atom stereocenters. The van der Waals surface area contributed by atoms with Crippen molar-refractivity contribution in [2.75, 3.05) is 12.4 Å². The number of hydrogen-bond acceptors (Lipinski definition) is 3. The molecule has 0 saturated carbocycles. The van der Waals surface area contributed by atoms with Crippen LogP contribution in [0, 0.1) is 24.1 Å². The zero-order valence-corrected chi connectivity index (χ0v) is 12.8. The summed E-state index contributed by atoms with van der Waals surface area (Å²) in [5, 5.41) is 11.8. The molecular weight excluding hydrogens is 295 g/mol. The third-order valence-electron chi connectivity index (χ3n) is 3.24. The van der Waals surface area contributed by atoms with Crippen LogP contribution in [0.1, 0.15) is 11.1 Å². The number of amides is 1. The molecule has 5 heteroatoms. The molecule has 0 fully saturated rings. The number of aryl methyl sites for hydroxylation is 1. The lowest BCUT2D eigenvalue weighted by molar-refractivity contribution is -0.112. The highest BCUT2D eigenvalue weighted by Gasteiger charge is 2.10. The van der Waals surface area contributed by atoms with Gasteiger partial charge in [-0.3, -0.25) is 4.79 Å². The van der Waals surface area contributed by atoms with E-state index in [1.165, 1.54) is 30.3 Å². The first-order valence-electron chi connectivity index (χ1n) is 6.87. The third kappa shape index (κ3) is 4.17. The van der Waals surface area contributed by atoms with Gasteiger partial charge in [-0.1, -0.05) is 6.07 Å². The van der Waals surface area contributed by atoms with E-state index in [0.29, 0.717) is 11.4 Å². The molecule has 2 rings (SSSR count). The Kier molecular flexibility index (Phi) is 5.11. The average molecular weight is 310 g/mol. The van der Waals surface area contributed by atoms with Crippen molar-refractivity contribution >= 4 is 17.7 Å². The standard InChI is InChI=1S/C18H15FN2O2/c1-12-9-17(23-2)8-3-13(12)10-14(11-20)18(22)21-16-6-4-15(19)5-7-16/h3-10H,1-2H3,(H,21,22)/b14-10-. The molecule has 0 heterocycles. The van der Waals surface area contributed by atoms with Gasteiger partial charge in [-0.2, -0.15) is 5.26 Å². The van der Waals surface area contributed by atoms with Crippen molar-refractivity contribution in [2.45, 2.75) is 6.92 Å². The Bertz CT molecular complexity index is 790. The predicted octanol–water partition coefficient (Wildman–Crippen LogP) is 3.69. The molecule has 1 N–H and O–H groups in total. The monoisotopic (exact) mass is 310 g/mol. The second-order valence-corrected chi connectivity index (χ2v) is 4.85. The molecule has 0 unspecified atom stereocenters. The van der Waals surface area contributed by atoms with Crippen LogP contribution in [0.5, 0.6) is 5.75 Å². The molecule has 0 aliphatic rings. The molecule has 2 aromatic rings. The Morgan fingerprint density at radius 3 is 2.52 bits per heavy atom. The molecule has 0 aromatic heterocycles. The maximum absolute atomic E-state index is 12.9. The summed E-state index contributed by atoms with van der Waals surface area (Å²) in [6, 6.07) is 12.6. The van der Waals surface area contributed by atoms with Crippen molar-refractivity contribution in [1.29, 1.82) is 5.26 Å². The van der Waals surface area contributed by atoms with Crippen LogP contribution in [0.3, 0.4) is 0 Å². The Morgan fingerprint density at radius 2 is 1.96 bits per heavy atom. The Balaban J connectivity index is 2.23. The van der Waals surface area contributed by atoms with Gasteiger partial charge in [0.1, 0.15) is 23.2 Å². The number of carbonyl (C=O) groups excluding carboxylic acids is 1. The summed E-state index contributed by atoms with van der Waals surface area (Å²) in [4.78, 5) is 12.1. The van der Waals surface area contributed by atoms with E-state index in [1.54, 1.807) is 19.2 Å². The summed E-state index contributed by atoms with van der Waals surface area (Å²) >= 11 is 0. The Labute approximate surface area is 133 Å². The van der Waals surface area contributed by atoms with Gasteiger partial charge in [0.25, 0.3) is 5.91 Å². The van der Waals surface area contributed by atoms with Gasteiger partial charge in [-0.05, 0) is 60.5 Å². The highest BCUT2D eigenvalue weighted by atomic mass is 19.1. The van der Waals surface area contributed by atoms with E-state index in [4.69, 9.17) is 4.74 Å². The largest absolute Gasteiger partial charge is 0.497 e. The number of carbonyl (C=O) groups is 1. The van der Waals surface area contributed by atoms with Crippen LogP contribution in [-0.2, 0) is 4.79 Å². The number of methoxy groups -OCH3 is 1. The minimum Gasteiger partial charge on any atom is -0.497 e. The quantitative estimate of drug-likeness (QED) is 0.692. The molecule has 0 aliphatic heterocycles. The Morgan fingerprint density at radius 1 is 1.26 bits per heavy atom. The van der Waals surface area contributed by atoms with Crippen LogP contribution in [0.4, 0.5) is 10.1 Å². The van der Waals surface area contributed by atoms with Crippen molar-refractivity contribution in [3.8, 4) is 11.8 Å². The topological polar surface area (TPSA) is 62.1 Å². The molecule has 1 amide bonds. The highest BCUT2D eigenvalue weighted by Crippen LogP contribution is 2.19. The molecule has 0 radical (unpaired) electrons. The number of nitrogens with one attached hydrogen (secondary N) is 1. The molecule has 0 saturated heterocycles. The summed E-state index contributed by atoms with van der Waals surface area (Å²) in [5.41, 5.74) is 2.01. The van der Waals surface area contributed by atoms with E-state index in [-0.39, 0.29) is 5.57 Å². The molecule has 0 bridgehead atoms. The molecule has 0 aliphatic carbocycles. The second kappa shape index (κ2) is 7.23. The van der Waals surface area contributed by atoms with E-state index >= 15 is 0 Å². The first kappa shape index (κ1) is 16.2. The summed E-state index contributed by atoms with van der Waals surface area (Å²) in [5.74, 6) is -0.240. The van der Waals surface area contributed by atoms with Gasteiger partial charge < -0.3 is 10.1 Å². The smallest absolute Gasteiger partial charge is 0.266 e. The van der Waals surface area contributed by atoms with E-state index in [9.17, 15) is 14.4 Å². The number of rotatable bonds is 4. The molecule has 2 aromatic carbocycles. The zero-order valence-electron chi connectivity index (χ0n) is 12.8. The van der Waals surface area contributed by atoms with Crippen LogP contribution >= 0.6 is 0 Å². The molecule has 4 nitrogen and oxygen atoms in total. The van der Waals surface area contributed by atoms with Crippen LogP contribution in [0.25, 0.3) is 6.08 Å². The fourth-order valence-electron chi connectivity index (χ4n) is 1.97. The van der Waals surface area contributed by atoms with E-state index in [1.807, 2.05) is 19.1 Å². The lowest BCUT2D eigenvalue weighted by atomic mass is 10.1. The first-order chi connectivity index (χ1) is 11.0. The molecule has 23 heavy (non-hydrogen) atoms. The number of anilines is 1. The van der Waals surface area contributed by atoms with E-state index in [2.05, 4.69) is 5.32 Å². The molecular formula is C18H15FN2O2. The lowest BCUT2D eigenvalue weighted by Gasteiger charge is -2.06. The van der Waals surface area contributed by atoms with Gasteiger partial charge in [-0.25, -0.2) is 4.39 Å². The van der Waals surface area contributed by atoms with Gasteiger partial charge in [-0.15, -0.1) is 0 Å². The highest BCUT2D eigenvalue weighted by molar-refractivity contribution is 6.09. The number of nitrogens with zero attached hydrogens (tertiary/aromatic N) is 1. The zero-order chi connectivity index (χ0) is 16.8. The van der Waals surface area contributed by atoms with E-state index in [0.717, 1.165) is 11.1 Å². The van der Waals surface area contributed by atoms with Gasteiger partial charge >= 0.3 is 0 Å². The summed E-state index contributed by atoms with van der Waals surface area (Å²) in [6.07, 6.45) is 1.51. The van der Waals surface area contributed by atoms with Gasteiger partial charge in [0.15, 0.2) is 0 Å². The number of hydrogen-bond donors (Lipinski definition) is 1. The normalized spacial score (nSPS) is 10.8. The third-order valence-corrected chi connectivity index (χ3v) is 3.24. The summed E-state index contributed by atoms with van der Waals surface area (Å²) in [6.45, 7) is 1.86. The lowest BCUT2D eigenvalue weighted by Crippen LogP contribution is -2.13. The predicted molar refractivity (Wildman–Crippen MR) is 86.4 cm³/mol. The summed E-state index contributed by atoms with van der Waals surface area (Å²) < 4.78 is 18.0. The van der Waals surface area contributed by atoms with E-state index < -0.39 is 11.7 Å². The number of benzene rings is 2. The number of ether oxygens (including phenoxy) is 1. The fourth-order valence-corrected chi connectivity index (χ4v) is 1.97. The minimum absolute atomic E-state index is 0.0393. The van der Waals surface area contributed by atoms with Gasteiger partial charge in [0.2, 0.25) is 0 Å². The average Bonchev–Trinajstić information content (AvgIpc) is 2.55. The van der Waals surface area contributed by atoms with Crippen molar-refractivity contribution in [1.82, 2.24) is 0 Å². The van der Waals surface area contributed by atoms with Crippen molar-refractivity contribution in [3.05, 3.63) is 65.0 Å². The van der Waals surface area contributed by atoms with Crippen molar-refractivity contribution in [3.63, 3.8) is 0 Å². The van der Waals surface area contributed by atoms with Crippen LogP contribution < -0.4 is 10.1 Å². The second-order valence-electron chi connectivity index (χ2n) is 4.85. The molecule has 0 spiro atoms. The SMILES string of the molecule is COc1ccc(/C=C(/C#N)C(=O)Nc2ccc(F)cc2)c(C)c1. The van der Waals surface area contributed by atoms with Crippen LogP contribution in [-0.4, -0.2) is 13.0 Å². The van der Waals surface area contributed by atoms with Gasteiger partial charge in [0.05, 0.1) is 7.11 Å². The van der Waals surface area contributed by atoms with Crippen molar-refractivity contribution < 1.29 is 13.9 Å². The van der Waals surface area contributed by atoms with Crippen molar-refractivity contribution in [2.24, 2.45) is 0 Å². The van der Waals surface area contributed by atoms with Gasteiger partial charge in [0, 0.05) is 5.69 Å². The maximum atomic E-state index is 12.9. The minimum atomic E-state index is -0.547. The number of nitriles is 1. The fraction of sp³-hybridized carbons (Fsp3) is 0.111. The first-order valence-corrected chi connectivity index (χ1v) is 6.87.